The van der Waals surface area contributed by atoms with Crippen LogP contribution in [0.3, 0.4) is 0 Å². The molecule has 3 rings (SSSR count). The quantitative estimate of drug-likeness (QED) is 0.277. The maximum absolute atomic E-state index is 14.8. The molecule has 1 aliphatic rings. The number of halogens is 1. The van der Waals surface area contributed by atoms with Crippen LogP contribution in [0.15, 0.2) is 78.7 Å². The highest BCUT2D eigenvalue weighted by Gasteiger charge is 2.18. The summed E-state index contributed by atoms with van der Waals surface area (Å²) in [5, 5.41) is 0. The predicted molar refractivity (Wildman–Crippen MR) is 121 cm³/mol. The molecule has 2 aromatic carbocycles. The maximum atomic E-state index is 14.8. The van der Waals surface area contributed by atoms with E-state index in [4.69, 9.17) is 4.74 Å². The van der Waals surface area contributed by atoms with Gasteiger partial charge in [0.15, 0.2) is 0 Å². The number of esters is 1. The zero-order valence-electron chi connectivity index (χ0n) is 17.8. The lowest BCUT2D eigenvalue weighted by Gasteiger charge is -2.19. The Kier molecular flexibility index (Phi) is 7.40. The molecule has 2 nitrogen and oxygen atoms in total. The summed E-state index contributed by atoms with van der Waals surface area (Å²) in [5.74, 6) is -0.446. The van der Waals surface area contributed by atoms with Gasteiger partial charge in [-0.25, -0.2) is 9.18 Å². The lowest BCUT2D eigenvalue weighted by atomic mass is 9.87. The van der Waals surface area contributed by atoms with Gasteiger partial charge in [-0.15, -0.1) is 0 Å². The Hall–Kier alpha value is -2.94. The van der Waals surface area contributed by atoms with E-state index in [2.05, 4.69) is 49.9 Å². The van der Waals surface area contributed by atoms with Gasteiger partial charge in [0, 0.05) is 17.1 Å². The van der Waals surface area contributed by atoms with Crippen molar-refractivity contribution < 1.29 is 13.9 Å². The van der Waals surface area contributed by atoms with Gasteiger partial charge in [-0.3, -0.25) is 0 Å². The smallest absolute Gasteiger partial charge is 0.333 e. The summed E-state index contributed by atoms with van der Waals surface area (Å²) in [4.78, 5) is 11.4. The molecule has 0 bridgehead atoms. The highest BCUT2D eigenvalue weighted by Crippen LogP contribution is 2.36. The second-order valence-electron chi connectivity index (χ2n) is 7.79. The van der Waals surface area contributed by atoms with Crippen LogP contribution in [0.1, 0.15) is 54.9 Å². The van der Waals surface area contributed by atoms with Crippen LogP contribution >= 0.6 is 0 Å². The van der Waals surface area contributed by atoms with E-state index in [9.17, 15) is 9.18 Å². The fourth-order valence-corrected chi connectivity index (χ4v) is 3.58. The summed E-state index contributed by atoms with van der Waals surface area (Å²) < 4.78 is 19.9. The number of carbonyl (C=O) groups is 1. The number of hydrogen-bond donors (Lipinski definition) is 0. The third kappa shape index (κ3) is 5.56. The molecular weight excluding hydrogens is 375 g/mol. The van der Waals surface area contributed by atoms with Gasteiger partial charge in [0.2, 0.25) is 0 Å². The molecule has 2 aromatic rings. The summed E-state index contributed by atoms with van der Waals surface area (Å²) >= 11 is 0. The molecule has 1 atom stereocenters. The number of allylic oxidation sites excluding steroid dienone is 4. The number of benzene rings is 2. The molecule has 30 heavy (non-hydrogen) atoms. The molecule has 0 saturated carbocycles. The van der Waals surface area contributed by atoms with Gasteiger partial charge >= 0.3 is 5.97 Å². The van der Waals surface area contributed by atoms with E-state index in [0.29, 0.717) is 17.8 Å². The topological polar surface area (TPSA) is 26.3 Å². The maximum Gasteiger partial charge on any atom is 0.333 e. The monoisotopic (exact) mass is 404 g/mol. The van der Waals surface area contributed by atoms with E-state index in [1.807, 2.05) is 18.2 Å². The third-order valence-electron chi connectivity index (χ3n) is 5.45. The predicted octanol–water partition coefficient (Wildman–Crippen LogP) is 6.73. The Morgan fingerprint density at radius 2 is 1.77 bits per heavy atom. The molecule has 0 radical (unpaired) electrons. The first kappa shape index (κ1) is 21.8. The molecule has 0 aromatic heterocycles. The number of aryl methyl sites for hydroxylation is 2. The zero-order chi connectivity index (χ0) is 21.5. The fraction of sp³-hybridized carbons (Fsp3) is 0.296. The van der Waals surface area contributed by atoms with Crippen LogP contribution in [-0.2, 0) is 22.4 Å². The first-order valence-corrected chi connectivity index (χ1v) is 10.6. The van der Waals surface area contributed by atoms with Crippen molar-refractivity contribution in [2.24, 2.45) is 0 Å². The van der Waals surface area contributed by atoms with Gasteiger partial charge < -0.3 is 4.74 Å². The largest absolute Gasteiger partial charge is 0.462 e. The Morgan fingerprint density at radius 3 is 2.37 bits per heavy atom. The molecule has 0 N–H and O–H groups in total. The normalized spacial score (nSPS) is 15.9. The number of hydrogen-bond acceptors (Lipinski definition) is 2. The Morgan fingerprint density at radius 1 is 1.10 bits per heavy atom. The van der Waals surface area contributed by atoms with Crippen molar-refractivity contribution in [3.05, 3.63) is 101 Å². The number of rotatable bonds is 8. The third-order valence-corrected chi connectivity index (χ3v) is 5.45. The van der Waals surface area contributed by atoms with Crippen molar-refractivity contribution in [3.8, 4) is 0 Å². The standard InChI is InChI=1S/C27H29FO2/c1-4-20-7-13-23(14-8-20)25-16-15-24(18-26(25)28)22-11-9-21(10-12-22)6-5-17-30-27(29)19(2)3/h7-14,16,18,24H,2,4-6,15,17H2,1,3H3. The van der Waals surface area contributed by atoms with E-state index in [0.717, 1.165) is 36.8 Å². The second kappa shape index (κ2) is 10.2. The average molecular weight is 405 g/mol. The Labute approximate surface area is 178 Å². The van der Waals surface area contributed by atoms with Crippen LogP contribution in [-0.4, -0.2) is 12.6 Å². The summed E-state index contributed by atoms with van der Waals surface area (Å²) in [5.41, 5.74) is 5.59. The van der Waals surface area contributed by atoms with Crippen molar-refractivity contribution in [2.45, 2.75) is 45.4 Å². The van der Waals surface area contributed by atoms with Crippen LogP contribution in [0.2, 0.25) is 0 Å². The minimum absolute atomic E-state index is 0.0502. The minimum Gasteiger partial charge on any atom is -0.462 e. The minimum atomic E-state index is -0.342. The second-order valence-corrected chi connectivity index (χ2v) is 7.79. The molecule has 0 fully saturated rings. The van der Waals surface area contributed by atoms with E-state index in [1.54, 1.807) is 13.0 Å². The lowest BCUT2D eigenvalue weighted by molar-refractivity contribution is -0.139. The van der Waals surface area contributed by atoms with Gasteiger partial charge in [-0.2, -0.15) is 0 Å². The van der Waals surface area contributed by atoms with E-state index < -0.39 is 0 Å². The van der Waals surface area contributed by atoms with Crippen LogP contribution in [0.25, 0.3) is 5.57 Å². The van der Waals surface area contributed by atoms with Gasteiger partial charge in [0.25, 0.3) is 0 Å². The molecule has 156 valence electrons. The lowest BCUT2D eigenvalue weighted by Crippen LogP contribution is -2.07. The van der Waals surface area contributed by atoms with E-state index in [1.165, 1.54) is 11.1 Å². The van der Waals surface area contributed by atoms with E-state index >= 15 is 0 Å². The SMILES string of the molecule is C=C(C)C(=O)OCCCc1ccc(C2C=C(F)C(c3ccc(CC)cc3)=CC2)cc1. The van der Waals surface area contributed by atoms with Gasteiger partial charge in [0.1, 0.15) is 5.83 Å². The van der Waals surface area contributed by atoms with Crippen LogP contribution in [0.5, 0.6) is 0 Å². The van der Waals surface area contributed by atoms with Crippen molar-refractivity contribution in [2.75, 3.05) is 6.61 Å². The van der Waals surface area contributed by atoms with Crippen molar-refractivity contribution in [1.29, 1.82) is 0 Å². The first-order chi connectivity index (χ1) is 14.5. The van der Waals surface area contributed by atoms with Crippen LogP contribution < -0.4 is 0 Å². The summed E-state index contributed by atoms with van der Waals surface area (Å²) in [6.45, 7) is 7.71. The molecule has 0 saturated heterocycles. The average Bonchev–Trinajstić information content (AvgIpc) is 2.77. The molecule has 1 unspecified atom stereocenters. The first-order valence-electron chi connectivity index (χ1n) is 10.6. The summed E-state index contributed by atoms with van der Waals surface area (Å²) in [7, 11) is 0. The van der Waals surface area contributed by atoms with Gasteiger partial charge in [-0.05, 0) is 60.9 Å². The number of ether oxygens (including phenoxy) is 1. The molecule has 0 heterocycles. The highest BCUT2D eigenvalue weighted by atomic mass is 19.1. The van der Waals surface area contributed by atoms with Crippen molar-refractivity contribution >= 4 is 11.5 Å². The summed E-state index contributed by atoms with van der Waals surface area (Å²) in [6, 6.07) is 16.4. The summed E-state index contributed by atoms with van der Waals surface area (Å²) in [6.07, 6.45) is 7.10. The fourth-order valence-electron chi connectivity index (χ4n) is 3.58. The molecule has 0 aliphatic heterocycles. The van der Waals surface area contributed by atoms with Crippen LogP contribution in [0, 0.1) is 0 Å². The van der Waals surface area contributed by atoms with Gasteiger partial charge in [-0.1, -0.05) is 68.1 Å². The number of carbonyl (C=O) groups excluding carboxylic acids is 1. The van der Waals surface area contributed by atoms with Crippen LogP contribution in [0.4, 0.5) is 4.39 Å². The Bertz CT molecular complexity index is 949. The Balaban J connectivity index is 1.56. The van der Waals surface area contributed by atoms with E-state index in [-0.39, 0.29) is 17.7 Å². The zero-order valence-corrected chi connectivity index (χ0v) is 17.8. The van der Waals surface area contributed by atoms with Crippen molar-refractivity contribution in [1.82, 2.24) is 0 Å². The molecule has 3 heteroatoms. The van der Waals surface area contributed by atoms with Gasteiger partial charge in [0.05, 0.1) is 6.61 Å². The molecular formula is C27H29FO2. The molecule has 0 spiro atoms. The molecule has 1 aliphatic carbocycles. The van der Waals surface area contributed by atoms with Crippen molar-refractivity contribution in [3.63, 3.8) is 0 Å². The molecule has 0 amide bonds. The highest BCUT2D eigenvalue weighted by molar-refractivity contribution is 5.86.